The third-order valence-corrected chi connectivity index (χ3v) is 11.5. The molecule has 0 spiro atoms. The van der Waals surface area contributed by atoms with Gasteiger partial charge in [-0.3, -0.25) is 9.88 Å². The van der Waals surface area contributed by atoms with Crippen LogP contribution in [0, 0.1) is 29.9 Å². The number of aromatic nitrogens is 3. The van der Waals surface area contributed by atoms with E-state index in [2.05, 4.69) is 26.1 Å². The van der Waals surface area contributed by atoms with Crippen LogP contribution in [0.25, 0.3) is 32.9 Å². The largest absolute Gasteiger partial charge is 0.508 e. The molecule has 8 nitrogen and oxygen atoms in total. The number of aromatic hydroxyl groups is 1. The molecular weight excluding hydrogens is 636 g/mol. The topological polar surface area (TPSA) is 86.6 Å². The number of nitrogens with one attached hydrogen (secondary N) is 1. The van der Waals surface area contributed by atoms with Crippen molar-refractivity contribution in [3.8, 4) is 35.4 Å². The van der Waals surface area contributed by atoms with E-state index in [9.17, 15) is 18.3 Å². The molecular formula is C37H34F4N6O2. The number of pyridine rings is 1. The second kappa shape index (κ2) is 11.0. The fraction of sp³-hybridized carbons (Fsp3) is 0.432. The fourth-order valence-corrected chi connectivity index (χ4v) is 9.10. The number of phenols is 1. The fourth-order valence-electron chi connectivity index (χ4n) is 9.10. The van der Waals surface area contributed by atoms with Crippen LogP contribution in [-0.2, 0) is 0 Å². The Labute approximate surface area is 280 Å². The molecule has 2 unspecified atom stereocenters. The Bertz CT molecular complexity index is 2130. The SMILES string of the molecule is C#Cc1c(F)ccc2cc(O)cc(-c3ncc4c(N5CC6CCC(C7CC7)(C5)N6)nc(OC[C@@]56CCCN5CC(=C(F)F)C6)nc4c3F)c12. The van der Waals surface area contributed by atoms with E-state index in [-0.39, 0.29) is 76.2 Å². The molecule has 2 bridgehead atoms. The molecule has 2 N–H and O–H groups in total. The number of fused-ring (bicyclic) bond motifs is 5. The number of phenolic OH excluding ortho intramolecular Hbond substituents is 1. The highest BCUT2D eigenvalue weighted by molar-refractivity contribution is 6.03. The number of rotatable bonds is 6. The molecule has 6 heterocycles. The van der Waals surface area contributed by atoms with Gasteiger partial charge in [-0.1, -0.05) is 12.0 Å². The summed E-state index contributed by atoms with van der Waals surface area (Å²) in [5, 5.41) is 15.5. The molecule has 252 valence electrons. The summed E-state index contributed by atoms with van der Waals surface area (Å²) in [6.45, 7) is 2.31. The van der Waals surface area contributed by atoms with Gasteiger partial charge in [-0.05, 0) is 81.0 Å². The van der Waals surface area contributed by atoms with Crippen LogP contribution in [0.2, 0.25) is 0 Å². The highest BCUT2D eigenvalue weighted by Gasteiger charge is 2.53. The highest BCUT2D eigenvalue weighted by Crippen LogP contribution is 2.49. The van der Waals surface area contributed by atoms with Gasteiger partial charge in [-0.15, -0.1) is 6.42 Å². The van der Waals surface area contributed by atoms with E-state index in [1.165, 1.54) is 43.3 Å². The molecule has 49 heavy (non-hydrogen) atoms. The summed E-state index contributed by atoms with van der Waals surface area (Å²) in [4.78, 5) is 18.2. The standard InChI is InChI=1S/C37H34F4N6O2/c1-2-25-28(38)7-4-20-12-24(48)13-26(29(20)25)31-30(39)32-27(15-42-31)34(46-17-23-8-10-37(18-46,45-23)22-5-6-22)44-35(43-32)49-19-36-9-3-11-47(36)16-21(14-36)33(40)41/h1,4,7,12-13,15,22-23,45,48H,3,5-6,8-11,14,16-19H2/t23?,36-,37?/m0/s1. The molecule has 4 aliphatic heterocycles. The zero-order valence-corrected chi connectivity index (χ0v) is 26.7. The van der Waals surface area contributed by atoms with E-state index in [0.29, 0.717) is 48.6 Å². The third kappa shape index (κ3) is 4.84. The van der Waals surface area contributed by atoms with Gasteiger partial charge < -0.3 is 20.1 Å². The minimum absolute atomic E-state index is 0.0460. The van der Waals surface area contributed by atoms with Crippen molar-refractivity contribution in [3.63, 3.8) is 0 Å². The van der Waals surface area contributed by atoms with Crippen LogP contribution < -0.4 is 15.0 Å². The number of piperazine rings is 1. The van der Waals surface area contributed by atoms with E-state index in [1.54, 1.807) is 0 Å². The summed E-state index contributed by atoms with van der Waals surface area (Å²) in [7, 11) is 0. The van der Waals surface area contributed by atoms with Crippen molar-refractivity contribution >= 4 is 27.5 Å². The minimum Gasteiger partial charge on any atom is -0.508 e. The number of halogens is 4. The lowest BCUT2D eigenvalue weighted by molar-refractivity contribution is 0.108. The second-order valence-electron chi connectivity index (χ2n) is 14.4. The van der Waals surface area contributed by atoms with E-state index in [0.717, 1.165) is 19.3 Å². The van der Waals surface area contributed by atoms with Crippen LogP contribution in [0.4, 0.5) is 23.4 Å². The molecule has 2 aromatic heterocycles. The van der Waals surface area contributed by atoms with Crippen molar-refractivity contribution in [1.82, 2.24) is 25.2 Å². The first kappa shape index (κ1) is 30.6. The number of anilines is 1. The lowest BCUT2D eigenvalue weighted by atomic mass is 9.90. The highest BCUT2D eigenvalue weighted by atomic mass is 19.3. The van der Waals surface area contributed by atoms with Crippen molar-refractivity contribution in [2.24, 2.45) is 5.92 Å². The number of terminal acetylenes is 1. The lowest BCUT2D eigenvalue weighted by Crippen LogP contribution is -2.61. The number of ether oxygens (including phenoxy) is 1. The average Bonchev–Trinajstić information content (AvgIpc) is 3.69. The molecule has 4 aromatic rings. The van der Waals surface area contributed by atoms with Crippen LogP contribution in [0.3, 0.4) is 0 Å². The first-order chi connectivity index (χ1) is 23.7. The van der Waals surface area contributed by atoms with Gasteiger partial charge in [0, 0.05) is 53.9 Å². The predicted octanol–water partition coefficient (Wildman–Crippen LogP) is 6.30. The summed E-state index contributed by atoms with van der Waals surface area (Å²) < 4.78 is 65.5. The van der Waals surface area contributed by atoms with E-state index < -0.39 is 23.3 Å². The van der Waals surface area contributed by atoms with Gasteiger partial charge in [0.05, 0.1) is 16.5 Å². The van der Waals surface area contributed by atoms with Crippen LogP contribution in [0.15, 0.2) is 42.1 Å². The summed E-state index contributed by atoms with van der Waals surface area (Å²) >= 11 is 0. The van der Waals surface area contributed by atoms with Crippen molar-refractivity contribution in [3.05, 3.63) is 59.3 Å². The smallest absolute Gasteiger partial charge is 0.319 e. The molecule has 0 radical (unpaired) electrons. The number of benzene rings is 2. The van der Waals surface area contributed by atoms with Crippen molar-refractivity contribution < 1.29 is 27.4 Å². The first-order valence-corrected chi connectivity index (χ1v) is 16.9. The van der Waals surface area contributed by atoms with Crippen LogP contribution >= 0.6 is 0 Å². The Hall–Kier alpha value is -4.47. The van der Waals surface area contributed by atoms with Gasteiger partial charge in [0.2, 0.25) is 0 Å². The molecule has 4 saturated heterocycles. The Kier molecular flexibility index (Phi) is 6.88. The molecule has 5 aliphatic rings. The van der Waals surface area contributed by atoms with E-state index in [4.69, 9.17) is 16.1 Å². The second-order valence-corrected chi connectivity index (χ2v) is 14.4. The predicted molar refractivity (Wildman–Crippen MR) is 177 cm³/mol. The van der Waals surface area contributed by atoms with Crippen LogP contribution in [-0.4, -0.2) is 74.9 Å². The van der Waals surface area contributed by atoms with Gasteiger partial charge in [0.25, 0.3) is 6.08 Å². The summed E-state index contributed by atoms with van der Waals surface area (Å²) in [6.07, 6.45) is 11.7. The lowest BCUT2D eigenvalue weighted by Gasteiger charge is -2.42. The molecule has 9 rings (SSSR count). The Balaban J connectivity index is 1.18. The quantitative estimate of drug-likeness (QED) is 0.183. The van der Waals surface area contributed by atoms with Crippen LogP contribution in [0.1, 0.15) is 50.5 Å². The molecule has 1 saturated carbocycles. The molecule has 0 amide bonds. The maximum Gasteiger partial charge on any atom is 0.319 e. The monoisotopic (exact) mass is 670 g/mol. The minimum atomic E-state index is -1.65. The molecule has 2 aromatic carbocycles. The zero-order chi connectivity index (χ0) is 33.7. The van der Waals surface area contributed by atoms with Crippen molar-refractivity contribution in [2.75, 3.05) is 37.7 Å². The Morgan fingerprint density at radius 3 is 2.80 bits per heavy atom. The van der Waals surface area contributed by atoms with Gasteiger partial charge in [0.1, 0.15) is 35.2 Å². The summed E-state index contributed by atoms with van der Waals surface area (Å²) in [5.74, 6) is 1.82. The molecule has 3 atom stereocenters. The molecule has 12 heteroatoms. The normalized spacial score (nSPS) is 26.5. The first-order valence-electron chi connectivity index (χ1n) is 16.9. The van der Waals surface area contributed by atoms with Gasteiger partial charge in [-0.2, -0.15) is 18.7 Å². The Morgan fingerprint density at radius 2 is 2.00 bits per heavy atom. The van der Waals surface area contributed by atoms with Gasteiger partial charge in [0.15, 0.2) is 5.82 Å². The Morgan fingerprint density at radius 1 is 1.14 bits per heavy atom. The zero-order valence-electron chi connectivity index (χ0n) is 26.7. The van der Waals surface area contributed by atoms with Crippen LogP contribution in [0.5, 0.6) is 11.8 Å². The van der Waals surface area contributed by atoms with Gasteiger partial charge >= 0.3 is 6.01 Å². The molecule has 1 aliphatic carbocycles. The van der Waals surface area contributed by atoms with Crippen molar-refractivity contribution in [1.29, 1.82) is 0 Å². The maximum absolute atomic E-state index is 17.0. The third-order valence-electron chi connectivity index (χ3n) is 11.5. The number of hydrogen-bond acceptors (Lipinski definition) is 8. The summed E-state index contributed by atoms with van der Waals surface area (Å²) in [6, 6.07) is 5.62. The van der Waals surface area contributed by atoms with E-state index >= 15 is 4.39 Å². The average molecular weight is 671 g/mol. The van der Waals surface area contributed by atoms with Gasteiger partial charge in [-0.25, -0.2) is 8.78 Å². The molecule has 5 fully saturated rings. The number of hydrogen-bond donors (Lipinski definition) is 2. The van der Waals surface area contributed by atoms with E-state index in [1.807, 2.05) is 4.90 Å². The maximum atomic E-state index is 17.0. The van der Waals surface area contributed by atoms with Crippen molar-refractivity contribution in [2.45, 2.75) is 62.1 Å². The number of nitrogens with zero attached hydrogens (tertiary/aromatic N) is 5. The summed E-state index contributed by atoms with van der Waals surface area (Å²) in [5.41, 5.74) is -0.697.